The second kappa shape index (κ2) is 8.13. The lowest BCUT2D eigenvalue weighted by atomic mass is 9.91. The molecule has 2 unspecified atom stereocenters. The van der Waals surface area contributed by atoms with E-state index in [-0.39, 0.29) is 11.8 Å². The van der Waals surface area contributed by atoms with E-state index in [1.165, 1.54) is 0 Å². The van der Waals surface area contributed by atoms with Crippen molar-refractivity contribution in [2.75, 3.05) is 18.4 Å². The molecule has 1 saturated heterocycles. The highest BCUT2D eigenvalue weighted by molar-refractivity contribution is 6.31. The van der Waals surface area contributed by atoms with Crippen molar-refractivity contribution in [1.29, 1.82) is 0 Å². The third-order valence-corrected chi connectivity index (χ3v) is 5.21. The number of carbonyl (C=O) groups is 2. The lowest BCUT2D eigenvalue weighted by molar-refractivity contribution is 0.0623. The standard InChI is InChI=1S/C22H25ClN2O2/c1-14-9-15(2)13-25(12-14)22(27)18-8-7-16(3)20(11-18)24-21(26)17-5-4-6-19(23)10-17/h4-8,10-11,14-15H,9,12-13H2,1-3H3,(H,24,26). The first kappa shape index (κ1) is 19.4. The summed E-state index contributed by atoms with van der Waals surface area (Å²) >= 11 is 5.97. The van der Waals surface area contributed by atoms with Crippen LogP contribution in [0.5, 0.6) is 0 Å². The Labute approximate surface area is 165 Å². The second-order valence-corrected chi connectivity index (χ2v) is 8.09. The van der Waals surface area contributed by atoms with Gasteiger partial charge >= 0.3 is 0 Å². The van der Waals surface area contributed by atoms with Crippen molar-refractivity contribution in [2.24, 2.45) is 11.8 Å². The average Bonchev–Trinajstić information content (AvgIpc) is 2.62. The molecule has 142 valence electrons. The Morgan fingerprint density at radius 3 is 2.41 bits per heavy atom. The Morgan fingerprint density at radius 2 is 1.74 bits per heavy atom. The van der Waals surface area contributed by atoms with Crippen LogP contribution < -0.4 is 5.32 Å². The normalized spacial score (nSPS) is 19.6. The van der Waals surface area contributed by atoms with E-state index in [4.69, 9.17) is 11.6 Å². The number of hydrogen-bond acceptors (Lipinski definition) is 2. The van der Waals surface area contributed by atoms with E-state index in [0.29, 0.717) is 33.7 Å². The zero-order valence-corrected chi connectivity index (χ0v) is 16.7. The topological polar surface area (TPSA) is 49.4 Å². The molecule has 4 nitrogen and oxygen atoms in total. The molecule has 1 N–H and O–H groups in total. The van der Waals surface area contributed by atoms with Crippen molar-refractivity contribution in [3.05, 3.63) is 64.2 Å². The number of nitrogens with zero attached hydrogens (tertiary/aromatic N) is 1. The summed E-state index contributed by atoms with van der Waals surface area (Å²) in [6.45, 7) is 7.83. The van der Waals surface area contributed by atoms with Crippen LogP contribution in [0.2, 0.25) is 5.02 Å². The van der Waals surface area contributed by atoms with Gasteiger partial charge in [-0.2, -0.15) is 0 Å². The fourth-order valence-corrected chi connectivity index (χ4v) is 3.92. The van der Waals surface area contributed by atoms with Crippen molar-refractivity contribution >= 4 is 29.1 Å². The predicted molar refractivity (Wildman–Crippen MR) is 109 cm³/mol. The minimum atomic E-state index is -0.245. The fraction of sp³-hybridized carbons (Fsp3) is 0.364. The highest BCUT2D eigenvalue weighted by Crippen LogP contribution is 2.25. The first-order valence-electron chi connectivity index (χ1n) is 9.30. The Hall–Kier alpha value is -2.33. The number of amides is 2. The van der Waals surface area contributed by atoms with Crippen LogP contribution in [-0.4, -0.2) is 29.8 Å². The van der Waals surface area contributed by atoms with E-state index in [0.717, 1.165) is 25.1 Å². The van der Waals surface area contributed by atoms with Crippen LogP contribution in [0.4, 0.5) is 5.69 Å². The van der Waals surface area contributed by atoms with Crippen molar-refractivity contribution in [3.63, 3.8) is 0 Å². The maximum atomic E-state index is 13.0. The van der Waals surface area contributed by atoms with Crippen molar-refractivity contribution < 1.29 is 9.59 Å². The summed E-state index contributed by atoms with van der Waals surface area (Å²) in [5, 5.41) is 3.41. The SMILES string of the molecule is Cc1ccc(C(=O)N2CC(C)CC(C)C2)cc1NC(=O)c1cccc(Cl)c1. The highest BCUT2D eigenvalue weighted by atomic mass is 35.5. The summed E-state index contributed by atoms with van der Waals surface area (Å²) in [5.74, 6) is 0.785. The first-order valence-corrected chi connectivity index (χ1v) is 9.68. The maximum absolute atomic E-state index is 13.0. The summed E-state index contributed by atoms with van der Waals surface area (Å²) < 4.78 is 0. The molecule has 5 heteroatoms. The predicted octanol–water partition coefficient (Wildman–Crippen LogP) is 5.02. The number of rotatable bonds is 3. The highest BCUT2D eigenvalue weighted by Gasteiger charge is 2.26. The number of likely N-dealkylation sites (tertiary alicyclic amines) is 1. The molecule has 0 saturated carbocycles. The minimum absolute atomic E-state index is 0.0201. The second-order valence-electron chi connectivity index (χ2n) is 7.65. The van der Waals surface area contributed by atoms with Gasteiger partial charge in [-0.25, -0.2) is 0 Å². The monoisotopic (exact) mass is 384 g/mol. The molecule has 0 aromatic heterocycles. The number of halogens is 1. The summed E-state index contributed by atoms with van der Waals surface area (Å²) in [5.41, 5.74) is 2.63. The van der Waals surface area contributed by atoms with Gasteiger partial charge < -0.3 is 10.2 Å². The molecule has 3 rings (SSSR count). The van der Waals surface area contributed by atoms with Crippen LogP contribution in [0.3, 0.4) is 0 Å². The molecular weight excluding hydrogens is 360 g/mol. The molecule has 1 fully saturated rings. The van der Waals surface area contributed by atoms with Crippen LogP contribution in [0, 0.1) is 18.8 Å². The Kier molecular flexibility index (Phi) is 5.85. The van der Waals surface area contributed by atoms with Gasteiger partial charge in [0.1, 0.15) is 0 Å². The number of piperidine rings is 1. The van der Waals surface area contributed by atoms with E-state index < -0.39 is 0 Å². The third kappa shape index (κ3) is 4.69. The molecule has 0 radical (unpaired) electrons. The van der Waals surface area contributed by atoms with Gasteiger partial charge in [0.25, 0.3) is 11.8 Å². The van der Waals surface area contributed by atoms with Gasteiger partial charge in [-0.1, -0.05) is 37.6 Å². The quantitative estimate of drug-likeness (QED) is 0.807. The summed E-state index contributed by atoms with van der Waals surface area (Å²) in [6.07, 6.45) is 1.15. The van der Waals surface area contributed by atoms with E-state index in [1.807, 2.05) is 24.0 Å². The van der Waals surface area contributed by atoms with Crippen molar-refractivity contribution in [1.82, 2.24) is 4.90 Å². The zero-order chi connectivity index (χ0) is 19.6. The third-order valence-electron chi connectivity index (χ3n) is 4.98. The lowest BCUT2D eigenvalue weighted by Crippen LogP contribution is -2.42. The molecule has 1 aliphatic heterocycles. The number of benzene rings is 2. The van der Waals surface area contributed by atoms with Crippen LogP contribution in [0.25, 0.3) is 0 Å². The minimum Gasteiger partial charge on any atom is -0.338 e. The van der Waals surface area contributed by atoms with Gasteiger partial charge in [-0.05, 0) is 61.1 Å². The van der Waals surface area contributed by atoms with Gasteiger partial charge in [-0.15, -0.1) is 0 Å². The number of aryl methyl sites for hydroxylation is 1. The summed E-state index contributed by atoms with van der Waals surface area (Å²) in [7, 11) is 0. The van der Waals surface area contributed by atoms with E-state index in [9.17, 15) is 9.59 Å². The molecule has 27 heavy (non-hydrogen) atoms. The van der Waals surface area contributed by atoms with Gasteiger partial charge in [0.2, 0.25) is 0 Å². The zero-order valence-electron chi connectivity index (χ0n) is 16.0. The van der Waals surface area contributed by atoms with E-state index in [2.05, 4.69) is 19.2 Å². The molecule has 2 aromatic carbocycles. The molecule has 1 heterocycles. The number of hydrogen-bond donors (Lipinski definition) is 1. The van der Waals surface area contributed by atoms with Gasteiger partial charge in [0.05, 0.1) is 0 Å². The van der Waals surface area contributed by atoms with Crippen LogP contribution >= 0.6 is 11.6 Å². The largest absolute Gasteiger partial charge is 0.338 e. The molecule has 0 spiro atoms. The molecule has 2 amide bonds. The molecular formula is C22H25ClN2O2. The Bertz CT molecular complexity index is 855. The number of carbonyl (C=O) groups excluding carboxylic acids is 2. The lowest BCUT2D eigenvalue weighted by Gasteiger charge is -2.35. The van der Waals surface area contributed by atoms with Crippen molar-refractivity contribution in [3.8, 4) is 0 Å². The smallest absolute Gasteiger partial charge is 0.255 e. The molecule has 0 aliphatic carbocycles. The maximum Gasteiger partial charge on any atom is 0.255 e. The molecule has 0 bridgehead atoms. The Balaban J connectivity index is 1.79. The van der Waals surface area contributed by atoms with Gasteiger partial charge in [-0.3, -0.25) is 9.59 Å². The number of anilines is 1. The first-order chi connectivity index (χ1) is 12.8. The van der Waals surface area contributed by atoms with Crippen LogP contribution in [-0.2, 0) is 0 Å². The van der Waals surface area contributed by atoms with E-state index in [1.54, 1.807) is 30.3 Å². The van der Waals surface area contributed by atoms with Crippen LogP contribution in [0.15, 0.2) is 42.5 Å². The van der Waals surface area contributed by atoms with Gasteiger partial charge in [0.15, 0.2) is 0 Å². The van der Waals surface area contributed by atoms with Gasteiger partial charge in [0, 0.05) is 34.9 Å². The van der Waals surface area contributed by atoms with E-state index >= 15 is 0 Å². The molecule has 2 atom stereocenters. The number of nitrogens with one attached hydrogen (secondary N) is 1. The van der Waals surface area contributed by atoms with Crippen molar-refractivity contribution in [2.45, 2.75) is 27.2 Å². The fourth-order valence-electron chi connectivity index (χ4n) is 3.73. The Morgan fingerprint density at radius 1 is 1.04 bits per heavy atom. The average molecular weight is 385 g/mol. The molecule has 2 aromatic rings. The van der Waals surface area contributed by atoms with Crippen LogP contribution in [0.1, 0.15) is 46.5 Å². The summed E-state index contributed by atoms with van der Waals surface area (Å²) in [4.78, 5) is 27.4. The molecule has 1 aliphatic rings. The summed E-state index contributed by atoms with van der Waals surface area (Å²) in [6, 6.07) is 12.3.